The lowest BCUT2D eigenvalue weighted by Gasteiger charge is -2.18. The van der Waals surface area contributed by atoms with Crippen molar-refractivity contribution in [2.24, 2.45) is 0 Å². The van der Waals surface area contributed by atoms with E-state index in [1.807, 2.05) is 36.4 Å². The third-order valence-electron chi connectivity index (χ3n) is 5.00. The van der Waals surface area contributed by atoms with Gasteiger partial charge in [0.25, 0.3) is 0 Å². The highest BCUT2D eigenvalue weighted by Crippen LogP contribution is 2.29. The quantitative estimate of drug-likeness (QED) is 0.463. The van der Waals surface area contributed by atoms with Crippen molar-refractivity contribution in [3.8, 4) is 22.8 Å². The van der Waals surface area contributed by atoms with Crippen LogP contribution in [-0.2, 0) is 13.1 Å². The third kappa shape index (κ3) is 3.96. The van der Waals surface area contributed by atoms with Gasteiger partial charge in [0.05, 0.1) is 25.6 Å². The fraction of sp³-hybridized carbons (Fsp3) is 0.208. The molecule has 0 fully saturated rings. The standard InChI is InChI=1S/C24H25N3O2/c1-26(16-18-12-13-21(28-2)22(15-18)29-3)17-20-24(19-9-5-4-6-10-19)25-23-11-7-8-14-27(20)23/h4-15H,16-17H2,1-3H3. The summed E-state index contributed by atoms with van der Waals surface area (Å²) in [6, 6.07) is 22.5. The van der Waals surface area contributed by atoms with Crippen LogP contribution in [0.5, 0.6) is 11.5 Å². The fourth-order valence-electron chi connectivity index (χ4n) is 3.63. The average Bonchev–Trinajstić information content (AvgIpc) is 3.12. The maximum atomic E-state index is 5.44. The SMILES string of the molecule is COc1ccc(CN(C)Cc2c(-c3ccccc3)nc3ccccn23)cc1OC. The fourth-order valence-corrected chi connectivity index (χ4v) is 3.63. The zero-order valence-electron chi connectivity index (χ0n) is 17.0. The van der Waals surface area contributed by atoms with Crippen molar-refractivity contribution < 1.29 is 9.47 Å². The van der Waals surface area contributed by atoms with Crippen LogP contribution in [0.2, 0.25) is 0 Å². The van der Waals surface area contributed by atoms with Gasteiger partial charge in [0.2, 0.25) is 0 Å². The molecule has 148 valence electrons. The first kappa shape index (κ1) is 19.0. The number of benzene rings is 2. The Balaban J connectivity index is 1.64. The van der Waals surface area contributed by atoms with Gasteiger partial charge in [-0.25, -0.2) is 4.98 Å². The van der Waals surface area contributed by atoms with Crippen molar-refractivity contribution in [2.45, 2.75) is 13.1 Å². The van der Waals surface area contributed by atoms with E-state index in [9.17, 15) is 0 Å². The molecular weight excluding hydrogens is 362 g/mol. The van der Waals surface area contributed by atoms with Gasteiger partial charge in [0.15, 0.2) is 11.5 Å². The van der Waals surface area contributed by atoms with Crippen LogP contribution < -0.4 is 9.47 Å². The Hall–Kier alpha value is -3.31. The first-order valence-electron chi connectivity index (χ1n) is 9.60. The van der Waals surface area contributed by atoms with E-state index in [1.54, 1.807) is 14.2 Å². The number of hydrogen-bond acceptors (Lipinski definition) is 4. The van der Waals surface area contributed by atoms with Crippen LogP contribution in [0.1, 0.15) is 11.3 Å². The lowest BCUT2D eigenvalue weighted by molar-refractivity contribution is 0.312. The van der Waals surface area contributed by atoms with E-state index in [0.717, 1.165) is 41.5 Å². The Morgan fingerprint density at radius 3 is 2.38 bits per heavy atom. The molecule has 4 rings (SSSR count). The first-order chi connectivity index (χ1) is 14.2. The van der Waals surface area contributed by atoms with Gasteiger partial charge in [0, 0.05) is 24.8 Å². The van der Waals surface area contributed by atoms with Crippen molar-refractivity contribution in [3.63, 3.8) is 0 Å². The summed E-state index contributed by atoms with van der Waals surface area (Å²) in [5, 5.41) is 0. The van der Waals surface area contributed by atoms with Gasteiger partial charge < -0.3 is 13.9 Å². The summed E-state index contributed by atoms with van der Waals surface area (Å²) in [6.45, 7) is 1.55. The summed E-state index contributed by atoms with van der Waals surface area (Å²) >= 11 is 0. The number of imidazole rings is 1. The van der Waals surface area contributed by atoms with Crippen molar-refractivity contribution >= 4 is 5.65 Å². The summed E-state index contributed by atoms with van der Waals surface area (Å²) in [6.07, 6.45) is 2.08. The van der Waals surface area contributed by atoms with Gasteiger partial charge in [-0.2, -0.15) is 0 Å². The number of ether oxygens (including phenoxy) is 2. The molecule has 0 aliphatic carbocycles. The Kier molecular flexibility index (Phi) is 5.49. The number of rotatable bonds is 7. The second-order valence-corrected chi connectivity index (χ2v) is 7.06. The van der Waals surface area contributed by atoms with E-state index < -0.39 is 0 Å². The molecule has 0 aliphatic heterocycles. The summed E-state index contributed by atoms with van der Waals surface area (Å²) in [7, 11) is 5.43. The molecule has 0 N–H and O–H groups in total. The molecule has 0 atom stereocenters. The number of aromatic nitrogens is 2. The van der Waals surface area contributed by atoms with Gasteiger partial charge in [-0.05, 0) is 36.9 Å². The van der Waals surface area contributed by atoms with Crippen LogP contribution in [0, 0.1) is 0 Å². The minimum atomic E-state index is 0.743. The van der Waals surface area contributed by atoms with Gasteiger partial charge >= 0.3 is 0 Å². The van der Waals surface area contributed by atoms with E-state index in [4.69, 9.17) is 14.5 Å². The molecule has 2 heterocycles. The summed E-state index contributed by atoms with van der Waals surface area (Å²) < 4.78 is 13.0. The smallest absolute Gasteiger partial charge is 0.161 e. The monoisotopic (exact) mass is 387 g/mol. The Labute approximate surface area is 171 Å². The summed E-state index contributed by atoms with van der Waals surface area (Å²) in [4.78, 5) is 7.17. The van der Waals surface area contributed by atoms with Crippen molar-refractivity contribution in [1.82, 2.24) is 14.3 Å². The Morgan fingerprint density at radius 1 is 0.862 bits per heavy atom. The minimum absolute atomic E-state index is 0.743. The summed E-state index contributed by atoms with van der Waals surface area (Å²) in [5.41, 5.74) is 5.46. The predicted octanol–water partition coefficient (Wildman–Crippen LogP) is 4.65. The minimum Gasteiger partial charge on any atom is -0.493 e. The zero-order chi connectivity index (χ0) is 20.2. The molecule has 2 aromatic heterocycles. The first-order valence-corrected chi connectivity index (χ1v) is 9.60. The predicted molar refractivity (Wildman–Crippen MR) is 115 cm³/mol. The van der Waals surface area contributed by atoms with Crippen LogP contribution in [0.3, 0.4) is 0 Å². The molecule has 5 heteroatoms. The molecule has 0 saturated carbocycles. The molecule has 29 heavy (non-hydrogen) atoms. The second kappa shape index (κ2) is 8.37. The molecule has 2 aromatic carbocycles. The molecule has 0 aliphatic rings. The number of methoxy groups -OCH3 is 2. The van der Waals surface area contributed by atoms with Crippen molar-refractivity contribution in [2.75, 3.05) is 21.3 Å². The maximum Gasteiger partial charge on any atom is 0.161 e. The molecule has 0 amide bonds. The maximum absolute atomic E-state index is 5.44. The molecule has 0 bridgehead atoms. The lowest BCUT2D eigenvalue weighted by Crippen LogP contribution is -2.19. The van der Waals surface area contributed by atoms with E-state index in [0.29, 0.717) is 0 Å². The average molecular weight is 387 g/mol. The van der Waals surface area contributed by atoms with E-state index in [-0.39, 0.29) is 0 Å². The van der Waals surface area contributed by atoms with E-state index in [2.05, 4.69) is 52.9 Å². The highest BCUT2D eigenvalue weighted by molar-refractivity contribution is 5.66. The van der Waals surface area contributed by atoms with Crippen LogP contribution in [0.25, 0.3) is 16.9 Å². The molecule has 0 saturated heterocycles. The largest absolute Gasteiger partial charge is 0.493 e. The Bertz CT molecular complexity index is 1110. The van der Waals surface area contributed by atoms with Crippen LogP contribution >= 0.6 is 0 Å². The third-order valence-corrected chi connectivity index (χ3v) is 5.00. The van der Waals surface area contributed by atoms with Crippen molar-refractivity contribution in [1.29, 1.82) is 0 Å². The number of nitrogens with zero attached hydrogens (tertiary/aromatic N) is 3. The Morgan fingerprint density at radius 2 is 1.62 bits per heavy atom. The molecular formula is C24H25N3O2. The van der Waals surface area contributed by atoms with Crippen molar-refractivity contribution in [3.05, 3.63) is 84.2 Å². The van der Waals surface area contributed by atoms with Crippen LogP contribution in [-0.4, -0.2) is 35.6 Å². The number of pyridine rings is 1. The van der Waals surface area contributed by atoms with Gasteiger partial charge in [-0.15, -0.1) is 0 Å². The summed E-state index contributed by atoms with van der Waals surface area (Å²) in [5.74, 6) is 1.49. The highest BCUT2D eigenvalue weighted by Gasteiger charge is 2.16. The molecule has 0 radical (unpaired) electrons. The van der Waals surface area contributed by atoms with E-state index in [1.165, 1.54) is 11.3 Å². The second-order valence-electron chi connectivity index (χ2n) is 7.06. The molecule has 4 aromatic rings. The molecule has 5 nitrogen and oxygen atoms in total. The van der Waals surface area contributed by atoms with Crippen LogP contribution in [0.15, 0.2) is 72.9 Å². The van der Waals surface area contributed by atoms with Gasteiger partial charge in [0.1, 0.15) is 5.65 Å². The number of hydrogen-bond donors (Lipinski definition) is 0. The van der Waals surface area contributed by atoms with Gasteiger partial charge in [-0.1, -0.05) is 42.5 Å². The van der Waals surface area contributed by atoms with Gasteiger partial charge in [-0.3, -0.25) is 4.90 Å². The lowest BCUT2D eigenvalue weighted by atomic mass is 10.1. The normalized spacial score (nSPS) is 11.2. The van der Waals surface area contributed by atoms with E-state index >= 15 is 0 Å². The molecule has 0 unspecified atom stereocenters. The highest BCUT2D eigenvalue weighted by atomic mass is 16.5. The van der Waals surface area contributed by atoms with Crippen LogP contribution in [0.4, 0.5) is 0 Å². The number of fused-ring (bicyclic) bond motifs is 1. The molecule has 0 spiro atoms. The zero-order valence-corrected chi connectivity index (χ0v) is 17.0. The topological polar surface area (TPSA) is 39.0 Å².